The van der Waals surface area contributed by atoms with E-state index in [-0.39, 0.29) is 0 Å². The molecule has 2 heteroatoms. The lowest BCUT2D eigenvalue weighted by Crippen LogP contribution is -2.25. The molecule has 2 N–H and O–H groups in total. The first kappa shape index (κ1) is 14.4. The van der Waals surface area contributed by atoms with Crippen molar-refractivity contribution in [1.82, 2.24) is 5.32 Å². The van der Waals surface area contributed by atoms with E-state index in [1.807, 2.05) is 12.1 Å². The van der Waals surface area contributed by atoms with Crippen molar-refractivity contribution in [1.29, 1.82) is 0 Å². The van der Waals surface area contributed by atoms with Gasteiger partial charge in [-0.25, -0.2) is 0 Å². The minimum atomic E-state index is 0.325. The highest BCUT2D eigenvalue weighted by atomic mass is 16.3. The summed E-state index contributed by atoms with van der Waals surface area (Å²) < 4.78 is 0. The summed E-state index contributed by atoms with van der Waals surface area (Å²) in [6, 6.07) is 4.21. The van der Waals surface area contributed by atoms with Gasteiger partial charge in [-0.15, -0.1) is 0 Å². The van der Waals surface area contributed by atoms with E-state index in [4.69, 9.17) is 0 Å². The molecule has 0 bridgehead atoms. The number of benzene rings is 1. The first-order valence-corrected chi connectivity index (χ1v) is 7.64. The van der Waals surface area contributed by atoms with Crippen molar-refractivity contribution < 1.29 is 5.11 Å². The lowest BCUT2D eigenvalue weighted by atomic mass is 9.97. The third-order valence-corrected chi connectivity index (χ3v) is 4.72. The molecule has 0 aromatic heterocycles. The maximum Gasteiger partial charge on any atom is 0.120 e. The Kier molecular flexibility index (Phi) is 4.51. The summed E-state index contributed by atoms with van der Waals surface area (Å²) in [4.78, 5) is 0. The maximum absolute atomic E-state index is 10.2. The van der Waals surface area contributed by atoms with Gasteiger partial charge in [-0.05, 0) is 48.9 Å². The van der Waals surface area contributed by atoms with Gasteiger partial charge in [0.2, 0.25) is 0 Å². The van der Waals surface area contributed by atoms with Crippen LogP contribution in [-0.2, 0) is 0 Å². The van der Waals surface area contributed by atoms with Crippen molar-refractivity contribution in [3.8, 4) is 5.75 Å². The predicted octanol–water partition coefficient (Wildman–Crippen LogP) is 4.27. The average Bonchev–Trinajstić information content (AvgIpc) is 2.73. The predicted molar refractivity (Wildman–Crippen MR) is 80.7 cm³/mol. The average molecular weight is 261 g/mol. The van der Waals surface area contributed by atoms with Crippen LogP contribution in [0.25, 0.3) is 0 Å². The van der Waals surface area contributed by atoms with Crippen LogP contribution in [0.2, 0.25) is 0 Å². The molecule has 2 rings (SSSR count). The quantitative estimate of drug-likeness (QED) is 0.829. The van der Waals surface area contributed by atoms with E-state index in [0.717, 1.165) is 24.4 Å². The molecule has 2 unspecified atom stereocenters. The molecule has 0 saturated heterocycles. The zero-order valence-electron chi connectivity index (χ0n) is 12.7. The highest BCUT2D eigenvalue weighted by Crippen LogP contribution is 2.45. The van der Waals surface area contributed by atoms with Crippen LogP contribution in [0.15, 0.2) is 12.1 Å². The first-order chi connectivity index (χ1) is 9.08. The van der Waals surface area contributed by atoms with E-state index in [1.54, 1.807) is 0 Å². The van der Waals surface area contributed by atoms with E-state index in [9.17, 15) is 5.11 Å². The van der Waals surface area contributed by atoms with Gasteiger partial charge in [-0.3, -0.25) is 0 Å². The van der Waals surface area contributed by atoms with Crippen LogP contribution < -0.4 is 5.32 Å². The lowest BCUT2D eigenvalue weighted by molar-refractivity contribution is 0.394. The van der Waals surface area contributed by atoms with Crippen LogP contribution in [0.5, 0.6) is 5.75 Å². The second-order valence-corrected chi connectivity index (χ2v) is 6.01. The molecule has 0 saturated carbocycles. The molecule has 1 aromatic carbocycles. The van der Waals surface area contributed by atoms with E-state index < -0.39 is 0 Å². The van der Waals surface area contributed by atoms with E-state index in [2.05, 4.69) is 33.0 Å². The van der Waals surface area contributed by atoms with Crippen molar-refractivity contribution in [3.63, 3.8) is 0 Å². The summed E-state index contributed by atoms with van der Waals surface area (Å²) >= 11 is 0. The standard InChI is InChI=1S/C17H27NO/c1-5-13(6-2)10-18-14-9-12(4)16-11(3)7-8-15(19)17(14)16/h7-8,12-14,18-19H,5-6,9-10H2,1-4H3. The van der Waals surface area contributed by atoms with Crippen LogP contribution >= 0.6 is 0 Å². The molecule has 1 aromatic rings. The first-order valence-electron chi connectivity index (χ1n) is 7.64. The summed E-state index contributed by atoms with van der Waals surface area (Å²) in [5.74, 6) is 1.75. The van der Waals surface area contributed by atoms with Crippen LogP contribution in [0.3, 0.4) is 0 Å². The third kappa shape index (κ3) is 2.79. The Bertz CT molecular complexity index is 437. The van der Waals surface area contributed by atoms with Gasteiger partial charge in [0.05, 0.1) is 0 Å². The SMILES string of the molecule is CCC(CC)CNC1CC(C)c2c(C)ccc(O)c21. The maximum atomic E-state index is 10.2. The van der Waals surface area contributed by atoms with E-state index >= 15 is 0 Å². The number of aromatic hydroxyl groups is 1. The summed E-state index contributed by atoms with van der Waals surface area (Å²) in [6.07, 6.45) is 3.55. The highest BCUT2D eigenvalue weighted by molar-refractivity contribution is 5.50. The number of hydrogen-bond donors (Lipinski definition) is 2. The molecule has 0 spiro atoms. The van der Waals surface area contributed by atoms with Crippen molar-refractivity contribution in [2.75, 3.05) is 6.54 Å². The summed E-state index contributed by atoms with van der Waals surface area (Å²) in [6.45, 7) is 9.98. The number of rotatable bonds is 5. The van der Waals surface area contributed by atoms with Crippen molar-refractivity contribution in [2.24, 2.45) is 5.92 Å². The normalized spacial score (nSPS) is 21.9. The number of aryl methyl sites for hydroxylation is 1. The highest BCUT2D eigenvalue weighted by Gasteiger charge is 2.31. The second kappa shape index (κ2) is 5.96. The molecule has 2 nitrogen and oxygen atoms in total. The number of phenolic OH excluding ortho intramolecular Hbond substituents is 1. The van der Waals surface area contributed by atoms with Gasteiger partial charge in [0.1, 0.15) is 5.75 Å². The van der Waals surface area contributed by atoms with Crippen LogP contribution in [0.4, 0.5) is 0 Å². The third-order valence-electron chi connectivity index (χ3n) is 4.72. The van der Waals surface area contributed by atoms with Gasteiger partial charge in [0, 0.05) is 11.6 Å². The molecular formula is C17H27NO. The molecule has 106 valence electrons. The van der Waals surface area contributed by atoms with Gasteiger partial charge in [-0.1, -0.05) is 39.7 Å². The van der Waals surface area contributed by atoms with Gasteiger partial charge in [-0.2, -0.15) is 0 Å². The fourth-order valence-corrected chi connectivity index (χ4v) is 3.42. The molecule has 1 aliphatic rings. The second-order valence-electron chi connectivity index (χ2n) is 6.01. The van der Waals surface area contributed by atoms with E-state index in [0.29, 0.717) is 17.7 Å². The van der Waals surface area contributed by atoms with Gasteiger partial charge >= 0.3 is 0 Å². The number of hydrogen-bond acceptors (Lipinski definition) is 2. The number of nitrogens with one attached hydrogen (secondary N) is 1. The fourth-order valence-electron chi connectivity index (χ4n) is 3.42. The minimum Gasteiger partial charge on any atom is -0.508 e. The molecular weight excluding hydrogens is 234 g/mol. The lowest BCUT2D eigenvalue weighted by Gasteiger charge is -2.19. The van der Waals surface area contributed by atoms with Crippen LogP contribution in [0.1, 0.15) is 68.7 Å². The monoisotopic (exact) mass is 261 g/mol. The Morgan fingerprint density at radius 1 is 1.26 bits per heavy atom. The van der Waals surface area contributed by atoms with Crippen LogP contribution in [0, 0.1) is 12.8 Å². The molecule has 0 fully saturated rings. The largest absolute Gasteiger partial charge is 0.508 e. The molecule has 0 aliphatic heterocycles. The smallest absolute Gasteiger partial charge is 0.120 e. The molecule has 1 aliphatic carbocycles. The Balaban J connectivity index is 2.17. The number of fused-ring (bicyclic) bond motifs is 1. The topological polar surface area (TPSA) is 32.3 Å². The van der Waals surface area contributed by atoms with Crippen molar-refractivity contribution >= 4 is 0 Å². The number of phenols is 1. The molecule has 0 amide bonds. The zero-order chi connectivity index (χ0) is 14.0. The summed E-state index contributed by atoms with van der Waals surface area (Å²) in [5, 5.41) is 13.9. The fraction of sp³-hybridized carbons (Fsp3) is 0.647. The Morgan fingerprint density at radius 2 is 1.95 bits per heavy atom. The minimum absolute atomic E-state index is 0.325. The molecule has 0 heterocycles. The van der Waals surface area contributed by atoms with E-state index in [1.165, 1.54) is 24.0 Å². The molecule has 19 heavy (non-hydrogen) atoms. The van der Waals surface area contributed by atoms with Gasteiger partial charge in [0.25, 0.3) is 0 Å². The Hall–Kier alpha value is -1.02. The summed E-state index contributed by atoms with van der Waals surface area (Å²) in [5.41, 5.74) is 3.83. The van der Waals surface area contributed by atoms with Crippen molar-refractivity contribution in [3.05, 3.63) is 28.8 Å². The Morgan fingerprint density at radius 3 is 2.58 bits per heavy atom. The van der Waals surface area contributed by atoms with Crippen molar-refractivity contribution in [2.45, 2.75) is 58.9 Å². The van der Waals surface area contributed by atoms with Gasteiger partial charge in [0.15, 0.2) is 0 Å². The summed E-state index contributed by atoms with van der Waals surface area (Å²) in [7, 11) is 0. The Labute approximate surface area is 117 Å². The zero-order valence-corrected chi connectivity index (χ0v) is 12.7. The van der Waals surface area contributed by atoms with Gasteiger partial charge < -0.3 is 10.4 Å². The molecule has 2 atom stereocenters. The van der Waals surface area contributed by atoms with Crippen LogP contribution in [-0.4, -0.2) is 11.7 Å². The molecule has 0 radical (unpaired) electrons.